The molecule has 25 heavy (non-hydrogen) atoms. The van der Waals surface area contributed by atoms with Crippen LogP contribution in [-0.4, -0.2) is 25.7 Å². The molecular formula is C18H21N3O4. The summed E-state index contributed by atoms with van der Waals surface area (Å²) in [6.07, 6.45) is 0. The fourth-order valence-corrected chi connectivity index (χ4v) is 2.02. The summed E-state index contributed by atoms with van der Waals surface area (Å²) in [5.74, 6) is 0.632. The van der Waals surface area contributed by atoms with Crippen LogP contribution in [0.25, 0.3) is 0 Å². The molecule has 3 amide bonds. The summed E-state index contributed by atoms with van der Waals surface area (Å²) in [6.45, 7) is 3.75. The van der Waals surface area contributed by atoms with Crippen molar-refractivity contribution >= 4 is 17.6 Å². The molecule has 2 aromatic rings. The summed E-state index contributed by atoms with van der Waals surface area (Å²) >= 11 is 0. The number of carbonyl (C=O) groups is 2. The van der Waals surface area contributed by atoms with Gasteiger partial charge in [-0.2, -0.15) is 0 Å². The van der Waals surface area contributed by atoms with E-state index in [4.69, 9.17) is 9.47 Å². The van der Waals surface area contributed by atoms with E-state index in [0.29, 0.717) is 17.2 Å². The Kier molecular flexibility index (Phi) is 6.22. The number of amides is 3. The number of hydrogen-bond acceptors (Lipinski definition) is 4. The molecule has 0 saturated carbocycles. The van der Waals surface area contributed by atoms with Crippen LogP contribution < -0.4 is 25.6 Å². The van der Waals surface area contributed by atoms with Crippen molar-refractivity contribution in [2.45, 2.75) is 13.8 Å². The summed E-state index contributed by atoms with van der Waals surface area (Å²) in [6, 6.07) is 11.9. The minimum Gasteiger partial charge on any atom is -0.495 e. The maximum atomic E-state index is 11.8. The Hall–Kier alpha value is -3.22. The number of benzene rings is 2. The lowest BCUT2D eigenvalue weighted by Crippen LogP contribution is -2.45. The van der Waals surface area contributed by atoms with Gasteiger partial charge in [-0.1, -0.05) is 18.2 Å². The van der Waals surface area contributed by atoms with Gasteiger partial charge in [-0.05, 0) is 49.2 Å². The van der Waals surface area contributed by atoms with Gasteiger partial charge in [0.2, 0.25) is 0 Å². The summed E-state index contributed by atoms with van der Waals surface area (Å²) in [7, 11) is 1.50. The molecule has 0 saturated heterocycles. The normalized spacial score (nSPS) is 9.88. The van der Waals surface area contributed by atoms with Crippen molar-refractivity contribution < 1.29 is 19.1 Å². The van der Waals surface area contributed by atoms with Crippen LogP contribution in [0.4, 0.5) is 10.5 Å². The molecule has 0 heterocycles. The number of methoxy groups -OCH3 is 1. The second-order valence-corrected chi connectivity index (χ2v) is 5.36. The van der Waals surface area contributed by atoms with Crippen LogP contribution in [-0.2, 0) is 4.79 Å². The molecule has 7 nitrogen and oxygen atoms in total. The van der Waals surface area contributed by atoms with Crippen LogP contribution in [0, 0.1) is 13.8 Å². The second-order valence-electron chi connectivity index (χ2n) is 5.36. The average molecular weight is 343 g/mol. The maximum Gasteiger partial charge on any atom is 0.338 e. The van der Waals surface area contributed by atoms with E-state index >= 15 is 0 Å². The first-order valence-electron chi connectivity index (χ1n) is 7.68. The lowest BCUT2D eigenvalue weighted by atomic mass is 10.1. The minimum atomic E-state index is -0.593. The summed E-state index contributed by atoms with van der Waals surface area (Å²) in [5, 5.41) is 2.57. The van der Waals surface area contributed by atoms with Gasteiger partial charge < -0.3 is 14.8 Å². The monoisotopic (exact) mass is 343 g/mol. The van der Waals surface area contributed by atoms with Crippen molar-refractivity contribution in [3.63, 3.8) is 0 Å². The number of ether oxygens (including phenoxy) is 2. The summed E-state index contributed by atoms with van der Waals surface area (Å²) in [4.78, 5) is 23.6. The standard InChI is InChI=1S/C18H21N3O4/c1-12-8-9-14(10-13(12)2)25-11-17(22)20-21-18(23)19-15-6-4-5-7-16(15)24-3/h4-10H,11H2,1-3H3,(H,20,22)(H2,19,21,23). The fourth-order valence-electron chi connectivity index (χ4n) is 2.02. The zero-order valence-corrected chi connectivity index (χ0v) is 14.4. The van der Waals surface area contributed by atoms with E-state index in [1.165, 1.54) is 7.11 Å². The third-order valence-electron chi connectivity index (χ3n) is 3.52. The van der Waals surface area contributed by atoms with Crippen LogP contribution in [0.2, 0.25) is 0 Å². The van der Waals surface area contributed by atoms with E-state index in [1.54, 1.807) is 30.3 Å². The Morgan fingerprint density at radius 2 is 1.76 bits per heavy atom. The third kappa shape index (κ3) is 5.42. The first-order valence-corrected chi connectivity index (χ1v) is 7.68. The third-order valence-corrected chi connectivity index (χ3v) is 3.52. The van der Waals surface area contributed by atoms with Crippen molar-refractivity contribution in [3.05, 3.63) is 53.6 Å². The van der Waals surface area contributed by atoms with Crippen molar-refractivity contribution in [1.29, 1.82) is 0 Å². The first-order chi connectivity index (χ1) is 12.0. The lowest BCUT2D eigenvalue weighted by Gasteiger charge is -2.12. The molecule has 3 N–H and O–H groups in total. The SMILES string of the molecule is COc1ccccc1NC(=O)NNC(=O)COc1ccc(C)c(C)c1. The molecule has 2 rings (SSSR count). The second kappa shape index (κ2) is 8.58. The molecule has 0 aromatic heterocycles. The van der Waals surface area contributed by atoms with Crippen LogP contribution in [0.15, 0.2) is 42.5 Å². The molecule has 0 aliphatic carbocycles. The molecule has 0 spiro atoms. The van der Waals surface area contributed by atoms with E-state index in [1.807, 2.05) is 26.0 Å². The van der Waals surface area contributed by atoms with Gasteiger partial charge in [-0.3, -0.25) is 10.2 Å². The van der Waals surface area contributed by atoms with Crippen LogP contribution in [0.5, 0.6) is 11.5 Å². The Morgan fingerprint density at radius 3 is 2.48 bits per heavy atom. The largest absolute Gasteiger partial charge is 0.495 e. The average Bonchev–Trinajstić information content (AvgIpc) is 2.61. The predicted octanol–water partition coefficient (Wildman–Crippen LogP) is 2.54. The van der Waals surface area contributed by atoms with Gasteiger partial charge in [-0.25, -0.2) is 10.2 Å². The highest BCUT2D eigenvalue weighted by molar-refractivity contribution is 5.92. The molecule has 2 aromatic carbocycles. The highest BCUT2D eigenvalue weighted by Gasteiger charge is 2.08. The van der Waals surface area contributed by atoms with Crippen LogP contribution >= 0.6 is 0 Å². The maximum absolute atomic E-state index is 11.8. The van der Waals surface area contributed by atoms with Gasteiger partial charge in [0.25, 0.3) is 5.91 Å². The Bertz CT molecular complexity index is 762. The van der Waals surface area contributed by atoms with E-state index in [0.717, 1.165) is 11.1 Å². The zero-order chi connectivity index (χ0) is 18.2. The van der Waals surface area contributed by atoms with Crippen molar-refractivity contribution in [2.75, 3.05) is 19.0 Å². The number of hydrogen-bond donors (Lipinski definition) is 3. The first kappa shape index (κ1) is 18.1. The summed E-state index contributed by atoms with van der Waals surface area (Å²) < 4.78 is 10.5. The quantitative estimate of drug-likeness (QED) is 0.728. The van der Waals surface area contributed by atoms with Crippen LogP contribution in [0.1, 0.15) is 11.1 Å². The number of urea groups is 1. The predicted molar refractivity (Wildman–Crippen MR) is 94.7 cm³/mol. The van der Waals surface area contributed by atoms with E-state index in [9.17, 15) is 9.59 Å². The molecule has 7 heteroatoms. The van der Waals surface area contributed by atoms with Gasteiger partial charge in [0, 0.05) is 0 Å². The Morgan fingerprint density at radius 1 is 1.00 bits per heavy atom. The number of hydrazine groups is 1. The number of carbonyl (C=O) groups excluding carboxylic acids is 2. The molecule has 0 aliphatic rings. The minimum absolute atomic E-state index is 0.211. The van der Waals surface area contributed by atoms with Gasteiger partial charge >= 0.3 is 6.03 Å². The molecule has 0 bridgehead atoms. The number of para-hydroxylation sites is 2. The topological polar surface area (TPSA) is 88.7 Å². The molecule has 0 unspecified atom stereocenters. The fraction of sp³-hybridized carbons (Fsp3) is 0.222. The number of anilines is 1. The van der Waals surface area contributed by atoms with Gasteiger partial charge in [-0.15, -0.1) is 0 Å². The van der Waals surface area contributed by atoms with Crippen molar-refractivity contribution in [1.82, 2.24) is 10.9 Å². The van der Waals surface area contributed by atoms with E-state index in [2.05, 4.69) is 16.2 Å². The van der Waals surface area contributed by atoms with Gasteiger partial charge in [0.15, 0.2) is 6.61 Å². The molecule has 132 valence electrons. The molecular weight excluding hydrogens is 322 g/mol. The number of aryl methyl sites for hydroxylation is 2. The van der Waals surface area contributed by atoms with E-state index < -0.39 is 11.9 Å². The zero-order valence-electron chi connectivity index (χ0n) is 14.4. The van der Waals surface area contributed by atoms with Gasteiger partial charge in [0.1, 0.15) is 11.5 Å². The van der Waals surface area contributed by atoms with Crippen molar-refractivity contribution in [2.24, 2.45) is 0 Å². The Balaban J connectivity index is 1.77. The Labute approximate surface area is 146 Å². The smallest absolute Gasteiger partial charge is 0.338 e. The van der Waals surface area contributed by atoms with E-state index in [-0.39, 0.29) is 6.61 Å². The number of rotatable bonds is 5. The highest BCUT2D eigenvalue weighted by atomic mass is 16.5. The lowest BCUT2D eigenvalue weighted by molar-refractivity contribution is -0.123. The summed E-state index contributed by atoms with van der Waals surface area (Å²) in [5.41, 5.74) is 7.23. The van der Waals surface area contributed by atoms with Gasteiger partial charge in [0.05, 0.1) is 12.8 Å². The highest BCUT2D eigenvalue weighted by Crippen LogP contribution is 2.22. The van der Waals surface area contributed by atoms with Crippen molar-refractivity contribution in [3.8, 4) is 11.5 Å². The molecule has 0 fully saturated rings. The van der Waals surface area contributed by atoms with Crippen LogP contribution in [0.3, 0.4) is 0 Å². The molecule has 0 radical (unpaired) electrons. The number of nitrogens with one attached hydrogen (secondary N) is 3. The molecule has 0 aliphatic heterocycles. The molecule has 0 atom stereocenters.